The summed E-state index contributed by atoms with van der Waals surface area (Å²) in [5.41, 5.74) is 2.52. The Kier molecular flexibility index (Phi) is 5.16. The van der Waals surface area contributed by atoms with Gasteiger partial charge in [-0.05, 0) is 19.4 Å². The van der Waals surface area contributed by atoms with Gasteiger partial charge in [0.1, 0.15) is 0 Å². The van der Waals surface area contributed by atoms with Crippen molar-refractivity contribution >= 4 is 5.91 Å². The van der Waals surface area contributed by atoms with E-state index in [4.69, 9.17) is 0 Å². The number of rotatable bonds is 5. The summed E-state index contributed by atoms with van der Waals surface area (Å²) >= 11 is 0. The van der Waals surface area contributed by atoms with Crippen molar-refractivity contribution in [3.05, 3.63) is 35.4 Å². The van der Waals surface area contributed by atoms with Gasteiger partial charge in [-0.25, -0.2) is 0 Å². The normalized spacial score (nSPS) is 12.2. The number of nitrogens with zero attached hydrogens (tertiary/aromatic N) is 1. The molecule has 0 aliphatic carbocycles. The smallest absolute Gasteiger partial charge is 0.223 e. The third-order valence-electron chi connectivity index (χ3n) is 2.87. The van der Waals surface area contributed by atoms with Gasteiger partial charge in [-0.15, -0.1) is 0 Å². The van der Waals surface area contributed by atoms with E-state index in [2.05, 4.69) is 43.4 Å². The molecule has 1 unspecified atom stereocenters. The maximum Gasteiger partial charge on any atom is 0.223 e. The zero-order valence-corrected chi connectivity index (χ0v) is 11.2. The quantitative estimate of drug-likeness (QED) is 0.846. The van der Waals surface area contributed by atoms with Crippen molar-refractivity contribution in [2.75, 3.05) is 20.6 Å². The molecule has 3 nitrogen and oxygen atoms in total. The van der Waals surface area contributed by atoms with Crippen LogP contribution >= 0.6 is 0 Å². The molecule has 0 spiro atoms. The summed E-state index contributed by atoms with van der Waals surface area (Å²) in [6, 6.07) is 8.75. The molecular weight excluding hydrogens is 212 g/mol. The highest BCUT2D eigenvalue weighted by Gasteiger charge is 2.07. The fourth-order valence-corrected chi connectivity index (χ4v) is 1.59. The molecule has 1 amide bonds. The summed E-state index contributed by atoms with van der Waals surface area (Å²) in [5, 5.41) is 3.36. The molecule has 0 aromatic heterocycles. The first-order valence-corrected chi connectivity index (χ1v) is 6.01. The van der Waals surface area contributed by atoms with Gasteiger partial charge in [-0.1, -0.05) is 29.8 Å². The van der Waals surface area contributed by atoms with E-state index in [9.17, 15) is 4.79 Å². The van der Waals surface area contributed by atoms with Gasteiger partial charge in [0, 0.05) is 33.1 Å². The Morgan fingerprint density at radius 1 is 1.29 bits per heavy atom. The SMILES string of the molecule is Cc1ccc(C(C)NCCC(=O)N(C)C)cc1. The lowest BCUT2D eigenvalue weighted by molar-refractivity contribution is -0.128. The van der Waals surface area contributed by atoms with E-state index in [0.29, 0.717) is 13.0 Å². The molecule has 0 aliphatic heterocycles. The molecule has 0 radical (unpaired) electrons. The third-order valence-corrected chi connectivity index (χ3v) is 2.87. The molecule has 1 rings (SSSR count). The summed E-state index contributed by atoms with van der Waals surface area (Å²) in [6.45, 7) is 4.91. The highest BCUT2D eigenvalue weighted by Crippen LogP contribution is 2.12. The molecule has 1 atom stereocenters. The van der Waals surface area contributed by atoms with Gasteiger partial charge in [0.25, 0.3) is 0 Å². The largest absolute Gasteiger partial charge is 0.349 e. The second-order valence-electron chi connectivity index (χ2n) is 4.62. The molecule has 0 bridgehead atoms. The average Bonchev–Trinajstić information content (AvgIpc) is 2.29. The minimum Gasteiger partial charge on any atom is -0.349 e. The molecule has 17 heavy (non-hydrogen) atoms. The van der Waals surface area contributed by atoms with E-state index in [0.717, 1.165) is 0 Å². The number of amides is 1. The molecular formula is C14H22N2O. The van der Waals surface area contributed by atoms with Crippen LogP contribution in [0, 0.1) is 6.92 Å². The summed E-state index contributed by atoms with van der Waals surface area (Å²) in [4.78, 5) is 13.0. The third kappa shape index (κ3) is 4.57. The maximum absolute atomic E-state index is 11.4. The molecule has 0 saturated heterocycles. The molecule has 1 aromatic rings. The fourth-order valence-electron chi connectivity index (χ4n) is 1.59. The highest BCUT2D eigenvalue weighted by molar-refractivity contribution is 5.75. The van der Waals surface area contributed by atoms with Crippen molar-refractivity contribution in [1.29, 1.82) is 0 Å². The summed E-state index contributed by atoms with van der Waals surface area (Å²) < 4.78 is 0. The Hall–Kier alpha value is -1.35. The van der Waals surface area contributed by atoms with Crippen molar-refractivity contribution in [2.24, 2.45) is 0 Å². The Morgan fingerprint density at radius 3 is 2.41 bits per heavy atom. The highest BCUT2D eigenvalue weighted by atomic mass is 16.2. The number of nitrogens with one attached hydrogen (secondary N) is 1. The average molecular weight is 234 g/mol. The van der Waals surface area contributed by atoms with Gasteiger partial charge < -0.3 is 10.2 Å². The second-order valence-corrected chi connectivity index (χ2v) is 4.62. The van der Waals surface area contributed by atoms with Crippen LogP contribution in [0.15, 0.2) is 24.3 Å². The first-order chi connectivity index (χ1) is 8.00. The number of carbonyl (C=O) groups excluding carboxylic acids is 1. The molecule has 3 heteroatoms. The Labute approximate surface area is 104 Å². The lowest BCUT2D eigenvalue weighted by atomic mass is 10.1. The Bertz CT molecular complexity index is 357. The van der Waals surface area contributed by atoms with E-state index in [1.54, 1.807) is 19.0 Å². The van der Waals surface area contributed by atoms with E-state index in [-0.39, 0.29) is 11.9 Å². The van der Waals surface area contributed by atoms with Crippen LogP contribution in [-0.2, 0) is 4.79 Å². The van der Waals surface area contributed by atoms with Gasteiger partial charge >= 0.3 is 0 Å². The van der Waals surface area contributed by atoms with Gasteiger partial charge in [0.2, 0.25) is 5.91 Å². The molecule has 0 heterocycles. The topological polar surface area (TPSA) is 32.3 Å². The molecule has 0 fully saturated rings. The van der Waals surface area contributed by atoms with Crippen LogP contribution in [0.4, 0.5) is 0 Å². The van der Waals surface area contributed by atoms with Crippen molar-refractivity contribution in [3.8, 4) is 0 Å². The molecule has 1 aromatic carbocycles. The number of benzene rings is 1. The van der Waals surface area contributed by atoms with E-state index in [1.165, 1.54) is 11.1 Å². The number of aryl methyl sites for hydroxylation is 1. The predicted molar refractivity (Wildman–Crippen MR) is 70.9 cm³/mol. The van der Waals surface area contributed by atoms with Crippen molar-refractivity contribution < 1.29 is 4.79 Å². The zero-order valence-electron chi connectivity index (χ0n) is 11.2. The van der Waals surface area contributed by atoms with Gasteiger partial charge in [0.15, 0.2) is 0 Å². The van der Waals surface area contributed by atoms with E-state index in [1.807, 2.05) is 0 Å². The Balaban J connectivity index is 2.37. The van der Waals surface area contributed by atoms with E-state index < -0.39 is 0 Å². The minimum absolute atomic E-state index is 0.161. The van der Waals surface area contributed by atoms with Crippen LogP contribution < -0.4 is 5.32 Å². The predicted octanol–water partition coefficient (Wildman–Crippen LogP) is 2.12. The lowest BCUT2D eigenvalue weighted by Crippen LogP contribution is -2.28. The molecule has 1 N–H and O–H groups in total. The Morgan fingerprint density at radius 2 is 1.88 bits per heavy atom. The minimum atomic E-state index is 0.161. The van der Waals surface area contributed by atoms with Crippen molar-refractivity contribution in [3.63, 3.8) is 0 Å². The van der Waals surface area contributed by atoms with Crippen molar-refractivity contribution in [1.82, 2.24) is 10.2 Å². The fraction of sp³-hybridized carbons (Fsp3) is 0.500. The first kappa shape index (κ1) is 13.7. The standard InChI is InChI=1S/C14H22N2O/c1-11-5-7-13(8-6-11)12(2)15-10-9-14(17)16(3)4/h5-8,12,15H,9-10H2,1-4H3. The first-order valence-electron chi connectivity index (χ1n) is 6.01. The molecule has 0 saturated carbocycles. The van der Waals surface area contributed by atoms with Crippen LogP contribution in [-0.4, -0.2) is 31.4 Å². The van der Waals surface area contributed by atoms with Gasteiger partial charge in [-0.3, -0.25) is 4.79 Å². The van der Waals surface area contributed by atoms with Crippen LogP contribution in [0.5, 0.6) is 0 Å². The van der Waals surface area contributed by atoms with Gasteiger partial charge in [0.05, 0.1) is 0 Å². The van der Waals surface area contributed by atoms with Crippen LogP contribution in [0.3, 0.4) is 0 Å². The second kappa shape index (κ2) is 6.40. The number of carbonyl (C=O) groups is 1. The van der Waals surface area contributed by atoms with Crippen LogP contribution in [0.25, 0.3) is 0 Å². The number of hydrogen-bond acceptors (Lipinski definition) is 2. The number of hydrogen-bond donors (Lipinski definition) is 1. The van der Waals surface area contributed by atoms with E-state index >= 15 is 0 Å². The van der Waals surface area contributed by atoms with Crippen LogP contribution in [0.1, 0.15) is 30.5 Å². The summed E-state index contributed by atoms with van der Waals surface area (Å²) in [5.74, 6) is 0.161. The van der Waals surface area contributed by atoms with Crippen molar-refractivity contribution in [2.45, 2.75) is 26.3 Å². The molecule has 0 aliphatic rings. The van der Waals surface area contributed by atoms with Crippen LogP contribution in [0.2, 0.25) is 0 Å². The summed E-state index contributed by atoms with van der Waals surface area (Å²) in [6.07, 6.45) is 0.545. The maximum atomic E-state index is 11.4. The molecule has 94 valence electrons. The van der Waals surface area contributed by atoms with Gasteiger partial charge in [-0.2, -0.15) is 0 Å². The lowest BCUT2D eigenvalue weighted by Gasteiger charge is -2.15. The summed E-state index contributed by atoms with van der Waals surface area (Å²) in [7, 11) is 3.57. The monoisotopic (exact) mass is 234 g/mol. The zero-order chi connectivity index (χ0) is 12.8.